The van der Waals surface area contributed by atoms with Gasteiger partial charge in [-0.15, -0.1) is 0 Å². The molecule has 0 fully saturated rings. The second-order valence-corrected chi connectivity index (χ2v) is 5.39. The lowest BCUT2D eigenvalue weighted by atomic mass is 9.84. The van der Waals surface area contributed by atoms with Crippen LogP contribution in [0, 0.1) is 0 Å². The molecule has 2 atom stereocenters. The van der Waals surface area contributed by atoms with Crippen LogP contribution in [0.5, 0.6) is 5.75 Å². The van der Waals surface area contributed by atoms with Crippen molar-refractivity contribution in [2.45, 2.75) is 25.4 Å². The van der Waals surface area contributed by atoms with Gasteiger partial charge < -0.3 is 4.74 Å². The molecule has 3 rings (SSSR count). The van der Waals surface area contributed by atoms with Gasteiger partial charge in [0.25, 0.3) is 0 Å². The first-order valence-corrected chi connectivity index (χ1v) is 7.13. The van der Waals surface area contributed by atoms with Crippen LogP contribution in [-0.4, -0.2) is 5.78 Å². The van der Waals surface area contributed by atoms with Gasteiger partial charge >= 0.3 is 0 Å². The van der Waals surface area contributed by atoms with Gasteiger partial charge in [-0.2, -0.15) is 0 Å². The fraction of sp³-hybridized carbons (Fsp3) is 0.235. The molecule has 0 radical (unpaired) electrons. The number of hydrogen-bond acceptors (Lipinski definition) is 2. The third kappa shape index (κ3) is 2.20. The highest BCUT2D eigenvalue weighted by Crippen LogP contribution is 2.41. The molecule has 0 saturated heterocycles. The average Bonchev–Trinajstić information content (AvgIpc) is 2.46. The molecule has 2 aromatic carbocycles. The number of carbonyl (C=O) groups excluding carboxylic acids is 1. The maximum absolute atomic E-state index is 12.7. The number of carbonyl (C=O) groups is 1. The third-order valence-corrected chi connectivity index (χ3v) is 3.94. The van der Waals surface area contributed by atoms with Gasteiger partial charge in [-0.3, -0.25) is 4.79 Å². The maximum atomic E-state index is 12.7. The van der Waals surface area contributed by atoms with E-state index in [9.17, 15) is 4.79 Å². The first-order chi connectivity index (χ1) is 9.70. The van der Waals surface area contributed by atoms with Crippen LogP contribution in [0.2, 0.25) is 5.02 Å². The van der Waals surface area contributed by atoms with E-state index < -0.39 is 6.10 Å². The van der Waals surface area contributed by atoms with Crippen LogP contribution in [0.15, 0.2) is 48.5 Å². The Kier molecular flexibility index (Phi) is 3.49. The van der Waals surface area contributed by atoms with Crippen molar-refractivity contribution in [2.24, 2.45) is 0 Å². The molecule has 2 nitrogen and oxygen atoms in total. The van der Waals surface area contributed by atoms with Crippen molar-refractivity contribution < 1.29 is 9.53 Å². The van der Waals surface area contributed by atoms with Crippen molar-refractivity contribution in [3.8, 4) is 5.75 Å². The van der Waals surface area contributed by atoms with E-state index in [-0.39, 0.29) is 11.7 Å². The van der Waals surface area contributed by atoms with Gasteiger partial charge in [-0.25, -0.2) is 0 Å². The normalized spacial score (nSPS) is 21.2. The summed E-state index contributed by atoms with van der Waals surface area (Å²) in [6, 6.07) is 15.1. The highest BCUT2D eigenvalue weighted by Gasteiger charge is 2.36. The Labute approximate surface area is 123 Å². The van der Waals surface area contributed by atoms with E-state index in [1.165, 1.54) is 0 Å². The number of rotatable bonds is 2. The Bertz CT molecular complexity index is 651. The Hall–Kier alpha value is -1.80. The molecule has 0 bridgehead atoms. The minimum absolute atomic E-state index is 0.105. The molecule has 0 spiro atoms. The van der Waals surface area contributed by atoms with E-state index in [0.29, 0.717) is 5.02 Å². The van der Waals surface area contributed by atoms with Crippen LogP contribution in [0.25, 0.3) is 0 Å². The summed E-state index contributed by atoms with van der Waals surface area (Å²) >= 11 is 6.02. The van der Waals surface area contributed by atoms with E-state index in [1.54, 1.807) is 12.1 Å². The van der Waals surface area contributed by atoms with Crippen LogP contribution in [0.3, 0.4) is 0 Å². The quantitative estimate of drug-likeness (QED) is 0.810. The summed E-state index contributed by atoms with van der Waals surface area (Å²) in [4.78, 5) is 12.7. The predicted molar refractivity (Wildman–Crippen MR) is 79.3 cm³/mol. The predicted octanol–water partition coefficient (Wildman–Crippen LogP) is 4.54. The molecule has 1 heterocycles. The van der Waals surface area contributed by atoms with E-state index in [1.807, 2.05) is 43.3 Å². The van der Waals surface area contributed by atoms with Gasteiger partial charge in [0.2, 0.25) is 0 Å². The minimum atomic E-state index is -0.562. The van der Waals surface area contributed by atoms with Crippen molar-refractivity contribution in [1.82, 2.24) is 0 Å². The largest absolute Gasteiger partial charge is 0.478 e. The summed E-state index contributed by atoms with van der Waals surface area (Å²) in [5.41, 5.74) is 1.80. The van der Waals surface area contributed by atoms with Crippen LogP contribution in [0.4, 0.5) is 0 Å². The fourth-order valence-corrected chi connectivity index (χ4v) is 2.92. The molecule has 0 saturated carbocycles. The number of para-hydroxylation sites is 1. The number of halogens is 1. The smallest absolute Gasteiger partial charge is 0.185 e. The molecule has 0 N–H and O–H groups in total. The zero-order valence-corrected chi connectivity index (χ0v) is 11.9. The Morgan fingerprint density at radius 3 is 2.70 bits per heavy atom. The van der Waals surface area contributed by atoms with Gasteiger partial charge in [0.1, 0.15) is 5.75 Å². The summed E-state index contributed by atoms with van der Waals surface area (Å²) in [5.74, 6) is 0.793. The lowest BCUT2D eigenvalue weighted by Crippen LogP contribution is -2.29. The molecule has 2 unspecified atom stereocenters. The van der Waals surface area contributed by atoms with Crippen LogP contribution < -0.4 is 4.74 Å². The Morgan fingerprint density at radius 1 is 1.15 bits per heavy atom. The second kappa shape index (κ2) is 5.29. The highest BCUT2D eigenvalue weighted by molar-refractivity contribution is 6.30. The molecule has 2 aromatic rings. The monoisotopic (exact) mass is 286 g/mol. The SMILES string of the molecule is CCC1C(=O)C(c2cccc(Cl)c2)Oc2ccccc21. The van der Waals surface area contributed by atoms with E-state index in [2.05, 4.69) is 0 Å². The lowest BCUT2D eigenvalue weighted by Gasteiger charge is -2.30. The number of hydrogen-bond donors (Lipinski definition) is 0. The van der Waals surface area contributed by atoms with E-state index in [0.717, 1.165) is 23.3 Å². The zero-order valence-electron chi connectivity index (χ0n) is 11.2. The number of ether oxygens (including phenoxy) is 1. The molecule has 1 aliphatic rings. The van der Waals surface area contributed by atoms with Crippen molar-refractivity contribution in [1.29, 1.82) is 0 Å². The van der Waals surface area contributed by atoms with Crippen molar-refractivity contribution in [3.05, 3.63) is 64.7 Å². The third-order valence-electron chi connectivity index (χ3n) is 3.70. The summed E-state index contributed by atoms with van der Waals surface area (Å²) in [6.07, 6.45) is 0.213. The molecular formula is C17H15ClO2. The van der Waals surface area contributed by atoms with Crippen LogP contribution >= 0.6 is 11.6 Å². The minimum Gasteiger partial charge on any atom is -0.478 e. The Morgan fingerprint density at radius 2 is 1.95 bits per heavy atom. The summed E-state index contributed by atoms with van der Waals surface area (Å²) in [7, 11) is 0. The van der Waals surface area contributed by atoms with Crippen LogP contribution in [-0.2, 0) is 4.79 Å². The molecule has 0 aliphatic carbocycles. The van der Waals surface area contributed by atoms with Gasteiger partial charge in [0.05, 0.1) is 5.92 Å². The van der Waals surface area contributed by atoms with Gasteiger partial charge in [-0.1, -0.05) is 48.9 Å². The highest BCUT2D eigenvalue weighted by atomic mass is 35.5. The number of fused-ring (bicyclic) bond motifs is 1. The summed E-state index contributed by atoms with van der Waals surface area (Å²) < 4.78 is 5.91. The average molecular weight is 287 g/mol. The van der Waals surface area contributed by atoms with Crippen molar-refractivity contribution >= 4 is 17.4 Å². The van der Waals surface area contributed by atoms with Crippen molar-refractivity contribution in [2.75, 3.05) is 0 Å². The molecular weight excluding hydrogens is 272 g/mol. The van der Waals surface area contributed by atoms with E-state index in [4.69, 9.17) is 16.3 Å². The Balaban J connectivity index is 2.05. The van der Waals surface area contributed by atoms with Gasteiger partial charge in [0, 0.05) is 16.1 Å². The molecule has 0 aromatic heterocycles. The molecule has 102 valence electrons. The number of Topliss-reactive ketones (excluding diaryl/α,β-unsaturated/α-hetero) is 1. The molecule has 20 heavy (non-hydrogen) atoms. The zero-order chi connectivity index (χ0) is 14.1. The maximum Gasteiger partial charge on any atom is 0.185 e. The molecule has 0 amide bonds. The van der Waals surface area contributed by atoms with Gasteiger partial charge in [0.15, 0.2) is 11.9 Å². The topological polar surface area (TPSA) is 26.3 Å². The van der Waals surface area contributed by atoms with Crippen LogP contribution in [0.1, 0.15) is 36.5 Å². The molecule has 1 aliphatic heterocycles. The standard InChI is InChI=1S/C17H15ClO2/c1-2-13-14-8-3-4-9-15(14)20-17(16(13)19)11-6-5-7-12(18)10-11/h3-10,13,17H,2H2,1H3. The summed E-state index contributed by atoms with van der Waals surface area (Å²) in [5, 5.41) is 0.616. The molecule has 3 heteroatoms. The number of benzene rings is 2. The fourth-order valence-electron chi connectivity index (χ4n) is 2.72. The number of ketones is 1. The first kappa shape index (κ1) is 13.2. The summed E-state index contributed by atoms with van der Waals surface area (Å²) in [6.45, 7) is 2.03. The van der Waals surface area contributed by atoms with E-state index >= 15 is 0 Å². The lowest BCUT2D eigenvalue weighted by molar-refractivity contribution is -0.129. The first-order valence-electron chi connectivity index (χ1n) is 6.75. The second-order valence-electron chi connectivity index (χ2n) is 4.95. The van der Waals surface area contributed by atoms with Gasteiger partial charge in [-0.05, 0) is 24.6 Å². The van der Waals surface area contributed by atoms with Crippen molar-refractivity contribution in [3.63, 3.8) is 0 Å².